The Labute approximate surface area is 154 Å². The summed E-state index contributed by atoms with van der Waals surface area (Å²) < 4.78 is 23.7. The second kappa shape index (κ2) is 7.67. The smallest absolute Gasteiger partial charge is 0.254 e. The summed E-state index contributed by atoms with van der Waals surface area (Å²) in [5.74, 6) is -0.360. The van der Waals surface area contributed by atoms with Crippen molar-refractivity contribution in [1.82, 2.24) is 4.90 Å². The van der Waals surface area contributed by atoms with Gasteiger partial charge in [-0.05, 0) is 30.3 Å². The molecule has 0 aliphatic rings. The molecule has 0 bridgehead atoms. The molecule has 0 atom stereocenters. The van der Waals surface area contributed by atoms with Gasteiger partial charge in [-0.15, -0.1) is 17.9 Å². The molecule has 2 aromatic rings. The lowest BCUT2D eigenvalue weighted by Crippen LogP contribution is -2.30. The zero-order valence-corrected chi connectivity index (χ0v) is 15.6. The van der Waals surface area contributed by atoms with E-state index in [9.17, 15) is 13.2 Å². The van der Waals surface area contributed by atoms with Crippen molar-refractivity contribution in [1.29, 1.82) is 0 Å². The van der Waals surface area contributed by atoms with E-state index in [-0.39, 0.29) is 21.4 Å². The highest BCUT2D eigenvalue weighted by atomic mass is 35.5. The van der Waals surface area contributed by atoms with E-state index in [2.05, 4.69) is 6.58 Å². The predicted octanol–water partition coefficient (Wildman–Crippen LogP) is 3.53. The van der Waals surface area contributed by atoms with Gasteiger partial charge in [0.1, 0.15) is 4.90 Å². The highest BCUT2D eigenvalue weighted by Crippen LogP contribution is 2.25. The first-order valence-electron chi connectivity index (χ1n) is 6.69. The molecule has 0 aliphatic carbocycles. The van der Waals surface area contributed by atoms with Crippen LogP contribution in [0.5, 0.6) is 0 Å². The lowest BCUT2D eigenvalue weighted by molar-refractivity contribution is 0.0764. The molecule has 0 saturated heterocycles. The fraction of sp³-hybridized carbons (Fsp3) is 0.133. The van der Waals surface area contributed by atoms with Crippen LogP contribution in [0.4, 0.5) is 0 Å². The molecule has 0 unspecified atom stereocenters. The number of carbonyl (C=O) groups excluding carboxylic acids is 1. The Morgan fingerprint density at radius 1 is 1.29 bits per heavy atom. The summed E-state index contributed by atoms with van der Waals surface area (Å²) in [5.41, 5.74) is 0.174. The van der Waals surface area contributed by atoms with Crippen LogP contribution in [0.2, 0.25) is 9.36 Å². The van der Waals surface area contributed by atoms with Crippen molar-refractivity contribution < 1.29 is 13.2 Å². The van der Waals surface area contributed by atoms with Crippen molar-refractivity contribution in [3.05, 3.63) is 62.8 Å². The van der Waals surface area contributed by atoms with Gasteiger partial charge in [0.05, 0.1) is 15.9 Å². The van der Waals surface area contributed by atoms with Crippen LogP contribution >= 0.6 is 34.5 Å². The second-order valence-electron chi connectivity index (χ2n) is 4.87. The van der Waals surface area contributed by atoms with Gasteiger partial charge in [0, 0.05) is 17.0 Å². The van der Waals surface area contributed by atoms with Crippen LogP contribution in [0, 0.1) is 0 Å². The molecule has 0 fully saturated rings. The highest BCUT2D eigenvalue weighted by molar-refractivity contribution is 7.89. The number of hydrogen-bond acceptors (Lipinski definition) is 4. The quantitative estimate of drug-likeness (QED) is 0.747. The monoisotopic (exact) mass is 404 g/mol. The number of nitrogens with zero attached hydrogens (tertiary/aromatic N) is 1. The molecule has 0 spiro atoms. The summed E-state index contributed by atoms with van der Waals surface area (Å²) in [4.78, 5) is 14.8. The zero-order chi connectivity index (χ0) is 17.9. The molecule has 1 heterocycles. The molecule has 128 valence electrons. The van der Waals surface area contributed by atoms with Crippen molar-refractivity contribution in [2.24, 2.45) is 5.14 Å². The molecular formula is C15H14Cl2N2O3S2. The molecule has 0 saturated carbocycles. The fourth-order valence-corrected chi connectivity index (χ4v) is 4.21. The third-order valence-corrected chi connectivity index (χ3v) is 5.71. The molecule has 9 heteroatoms. The molecule has 1 aromatic carbocycles. The van der Waals surface area contributed by atoms with Crippen LogP contribution in [-0.2, 0) is 16.6 Å². The number of sulfonamides is 1. The van der Waals surface area contributed by atoms with Crippen LogP contribution in [-0.4, -0.2) is 25.8 Å². The van der Waals surface area contributed by atoms with Gasteiger partial charge in [0.2, 0.25) is 10.0 Å². The van der Waals surface area contributed by atoms with Gasteiger partial charge in [-0.25, -0.2) is 13.6 Å². The summed E-state index contributed by atoms with van der Waals surface area (Å²) in [5, 5.41) is 5.09. The first-order valence-corrected chi connectivity index (χ1v) is 9.81. The molecule has 0 radical (unpaired) electrons. The Bertz CT molecular complexity index is 879. The number of amides is 1. The van der Waals surface area contributed by atoms with Crippen molar-refractivity contribution in [2.45, 2.75) is 11.4 Å². The van der Waals surface area contributed by atoms with E-state index in [0.717, 1.165) is 4.88 Å². The molecule has 2 N–H and O–H groups in total. The first kappa shape index (κ1) is 19.0. The molecule has 2 rings (SSSR count). The molecule has 1 aromatic heterocycles. The van der Waals surface area contributed by atoms with Gasteiger partial charge in [0.15, 0.2) is 0 Å². The number of primary sulfonamides is 1. The first-order chi connectivity index (χ1) is 11.2. The maximum atomic E-state index is 12.7. The topological polar surface area (TPSA) is 80.5 Å². The number of carbonyl (C=O) groups is 1. The maximum Gasteiger partial charge on any atom is 0.254 e. The Morgan fingerprint density at radius 3 is 2.54 bits per heavy atom. The van der Waals surface area contributed by atoms with Gasteiger partial charge < -0.3 is 4.90 Å². The van der Waals surface area contributed by atoms with Crippen LogP contribution in [0.3, 0.4) is 0 Å². The fourth-order valence-electron chi connectivity index (χ4n) is 2.04. The number of thiophene rings is 1. The lowest BCUT2D eigenvalue weighted by atomic mass is 10.2. The maximum absolute atomic E-state index is 12.7. The zero-order valence-electron chi connectivity index (χ0n) is 12.4. The van der Waals surface area contributed by atoms with E-state index < -0.39 is 10.0 Å². The van der Waals surface area contributed by atoms with Gasteiger partial charge >= 0.3 is 0 Å². The Balaban J connectivity index is 2.34. The SMILES string of the molecule is C=CCN(Cc1ccc(Cl)s1)C(=O)c1ccc(Cl)c(S(N)(=O)=O)c1. The average Bonchev–Trinajstić information content (AvgIpc) is 2.90. The van der Waals surface area contributed by atoms with E-state index >= 15 is 0 Å². The summed E-state index contributed by atoms with van der Waals surface area (Å²) in [6.07, 6.45) is 1.59. The highest BCUT2D eigenvalue weighted by Gasteiger charge is 2.20. The Morgan fingerprint density at radius 2 is 2.00 bits per heavy atom. The number of halogens is 2. The minimum atomic E-state index is -4.02. The average molecular weight is 405 g/mol. The summed E-state index contributed by atoms with van der Waals surface area (Å²) >= 11 is 13.1. The van der Waals surface area contributed by atoms with Gasteiger partial charge in [-0.2, -0.15) is 0 Å². The standard InChI is InChI=1S/C15H14Cl2N2O3S2/c1-2-7-19(9-11-4-6-14(17)23-11)15(20)10-3-5-12(16)13(8-10)24(18,21)22/h2-6,8H,1,7,9H2,(H2,18,21,22). The molecule has 24 heavy (non-hydrogen) atoms. The van der Waals surface area contributed by atoms with Crippen LogP contribution < -0.4 is 5.14 Å². The minimum absolute atomic E-state index is 0.0330. The van der Waals surface area contributed by atoms with E-state index in [1.54, 1.807) is 12.1 Å². The summed E-state index contributed by atoms with van der Waals surface area (Å²) in [6.45, 7) is 4.26. The Kier molecular flexibility index (Phi) is 6.06. The van der Waals surface area contributed by atoms with Crippen molar-refractivity contribution in [3.8, 4) is 0 Å². The minimum Gasteiger partial charge on any atom is -0.330 e. The van der Waals surface area contributed by atoms with Crippen LogP contribution in [0.1, 0.15) is 15.2 Å². The molecular weight excluding hydrogens is 391 g/mol. The van der Waals surface area contributed by atoms with Gasteiger partial charge in [-0.3, -0.25) is 4.79 Å². The van der Waals surface area contributed by atoms with Crippen molar-refractivity contribution in [2.75, 3.05) is 6.54 Å². The number of hydrogen-bond donors (Lipinski definition) is 1. The van der Waals surface area contributed by atoms with Crippen molar-refractivity contribution in [3.63, 3.8) is 0 Å². The third kappa shape index (κ3) is 4.58. The predicted molar refractivity (Wildman–Crippen MR) is 97.1 cm³/mol. The Hall–Kier alpha value is -1.38. The van der Waals surface area contributed by atoms with E-state index in [1.165, 1.54) is 34.4 Å². The molecule has 1 amide bonds. The number of rotatable bonds is 6. The van der Waals surface area contributed by atoms with Gasteiger partial charge in [-0.1, -0.05) is 29.3 Å². The summed E-state index contributed by atoms with van der Waals surface area (Å²) in [7, 11) is -4.02. The van der Waals surface area contributed by atoms with Crippen molar-refractivity contribution >= 4 is 50.5 Å². The van der Waals surface area contributed by atoms with E-state index in [4.69, 9.17) is 28.3 Å². The summed E-state index contributed by atoms with van der Waals surface area (Å²) in [6, 6.07) is 7.55. The van der Waals surface area contributed by atoms with Gasteiger partial charge in [0.25, 0.3) is 5.91 Å². The number of nitrogens with two attached hydrogens (primary N) is 1. The van der Waals surface area contributed by atoms with E-state index in [0.29, 0.717) is 17.4 Å². The lowest BCUT2D eigenvalue weighted by Gasteiger charge is -2.21. The van der Waals surface area contributed by atoms with E-state index in [1.807, 2.05) is 6.07 Å². The number of benzene rings is 1. The second-order valence-corrected chi connectivity index (χ2v) is 8.61. The largest absolute Gasteiger partial charge is 0.330 e. The normalized spacial score (nSPS) is 11.3. The molecule has 5 nitrogen and oxygen atoms in total. The van der Waals surface area contributed by atoms with Crippen LogP contribution in [0.15, 0.2) is 47.9 Å². The van der Waals surface area contributed by atoms with Crippen LogP contribution in [0.25, 0.3) is 0 Å². The molecule has 0 aliphatic heterocycles. The third-order valence-electron chi connectivity index (χ3n) is 3.10.